The van der Waals surface area contributed by atoms with Crippen LogP contribution in [0.2, 0.25) is 0 Å². The summed E-state index contributed by atoms with van der Waals surface area (Å²) < 4.78 is 5.37. The highest BCUT2D eigenvalue weighted by atomic mass is 16.5. The number of hydrogen-bond acceptors (Lipinski definition) is 5. The fourth-order valence-electron chi connectivity index (χ4n) is 3.00. The van der Waals surface area contributed by atoms with Gasteiger partial charge in [-0.05, 0) is 25.9 Å². The lowest BCUT2D eigenvalue weighted by molar-refractivity contribution is 0.260. The molecular formula is C15H28N4O. The zero-order valence-electron chi connectivity index (χ0n) is 12.9. The van der Waals surface area contributed by atoms with E-state index in [9.17, 15) is 0 Å². The van der Waals surface area contributed by atoms with Crippen molar-refractivity contribution in [1.29, 1.82) is 0 Å². The Labute approximate surface area is 121 Å². The number of hydrogen-bond donors (Lipinski definition) is 1. The van der Waals surface area contributed by atoms with E-state index in [0.717, 1.165) is 51.1 Å². The van der Waals surface area contributed by atoms with E-state index in [1.165, 1.54) is 19.3 Å². The fourth-order valence-corrected chi connectivity index (χ4v) is 3.00. The molecule has 0 saturated heterocycles. The van der Waals surface area contributed by atoms with Gasteiger partial charge in [-0.2, -0.15) is 4.98 Å². The molecule has 1 aliphatic rings. The van der Waals surface area contributed by atoms with Gasteiger partial charge in [-0.25, -0.2) is 0 Å². The van der Waals surface area contributed by atoms with Crippen LogP contribution in [0.15, 0.2) is 4.52 Å². The Morgan fingerprint density at radius 3 is 2.55 bits per heavy atom. The van der Waals surface area contributed by atoms with Crippen LogP contribution in [0.5, 0.6) is 0 Å². The third-order valence-electron chi connectivity index (χ3n) is 4.41. The van der Waals surface area contributed by atoms with Gasteiger partial charge in [0.25, 0.3) is 0 Å². The molecule has 1 saturated carbocycles. The average Bonchev–Trinajstić information content (AvgIpc) is 2.87. The summed E-state index contributed by atoms with van der Waals surface area (Å²) in [7, 11) is 0. The van der Waals surface area contributed by atoms with Crippen LogP contribution in [0.1, 0.15) is 57.7 Å². The maximum absolute atomic E-state index is 6.43. The maximum Gasteiger partial charge on any atom is 0.228 e. The second kappa shape index (κ2) is 7.18. The van der Waals surface area contributed by atoms with E-state index in [2.05, 4.69) is 28.9 Å². The van der Waals surface area contributed by atoms with Gasteiger partial charge in [0.2, 0.25) is 5.89 Å². The number of likely N-dealkylation sites (N-methyl/N-ethyl adjacent to an activating group) is 1. The molecule has 0 unspecified atom stereocenters. The van der Waals surface area contributed by atoms with Gasteiger partial charge in [0.1, 0.15) is 0 Å². The van der Waals surface area contributed by atoms with E-state index in [1.54, 1.807) is 0 Å². The van der Waals surface area contributed by atoms with Crippen molar-refractivity contribution in [2.75, 3.05) is 19.6 Å². The molecular weight excluding hydrogens is 252 g/mol. The molecule has 0 amide bonds. The van der Waals surface area contributed by atoms with Crippen molar-refractivity contribution < 1.29 is 4.52 Å². The first kappa shape index (κ1) is 15.4. The van der Waals surface area contributed by atoms with Crippen molar-refractivity contribution in [3.63, 3.8) is 0 Å². The van der Waals surface area contributed by atoms with Crippen LogP contribution in [0, 0.1) is 0 Å². The molecule has 1 heterocycles. The largest absolute Gasteiger partial charge is 0.339 e. The number of aromatic nitrogens is 2. The first-order valence-electron chi connectivity index (χ1n) is 7.98. The topological polar surface area (TPSA) is 68.2 Å². The van der Waals surface area contributed by atoms with Crippen LogP contribution >= 0.6 is 0 Å². The van der Waals surface area contributed by atoms with Crippen molar-refractivity contribution in [1.82, 2.24) is 15.0 Å². The van der Waals surface area contributed by atoms with Crippen LogP contribution in [0.4, 0.5) is 0 Å². The van der Waals surface area contributed by atoms with Gasteiger partial charge < -0.3 is 15.2 Å². The number of nitrogens with zero attached hydrogens (tertiary/aromatic N) is 3. The van der Waals surface area contributed by atoms with E-state index in [-0.39, 0.29) is 5.54 Å². The van der Waals surface area contributed by atoms with E-state index in [1.807, 2.05) is 0 Å². The van der Waals surface area contributed by atoms with E-state index in [4.69, 9.17) is 10.3 Å². The molecule has 2 N–H and O–H groups in total. The molecule has 1 aliphatic carbocycles. The summed E-state index contributed by atoms with van der Waals surface area (Å²) in [6.07, 6.45) is 7.47. The summed E-state index contributed by atoms with van der Waals surface area (Å²) in [5.74, 6) is 1.52. The molecule has 0 aromatic carbocycles. The Kier molecular flexibility index (Phi) is 5.54. The van der Waals surface area contributed by atoms with E-state index < -0.39 is 0 Å². The Morgan fingerprint density at radius 1 is 1.20 bits per heavy atom. The predicted octanol–water partition coefficient (Wildman–Crippen LogP) is 2.16. The maximum atomic E-state index is 6.43. The minimum Gasteiger partial charge on any atom is -0.339 e. The SMILES string of the molecule is CCN(CC)CCc1noc(CC2(N)CCCCC2)n1. The molecule has 0 radical (unpaired) electrons. The summed E-state index contributed by atoms with van der Waals surface area (Å²) in [6, 6.07) is 0. The molecule has 1 aromatic rings. The van der Waals surface area contributed by atoms with Crippen molar-refractivity contribution in [2.45, 2.75) is 64.3 Å². The summed E-state index contributed by atoms with van der Waals surface area (Å²) >= 11 is 0. The highest BCUT2D eigenvalue weighted by Crippen LogP contribution is 2.28. The Hall–Kier alpha value is -0.940. The van der Waals surface area contributed by atoms with Gasteiger partial charge in [-0.1, -0.05) is 38.3 Å². The lowest BCUT2D eigenvalue weighted by Gasteiger charge is -2.31. The van der Waals surface area contributed by atoms with E-state index >= 15 is 0 Å². The second-order valence-electron chi connectivity index (χ2n) is 5.98. The van der Waals surface area contributed by atoms with Crippen LogP contribution in [0.25, 0.3) is 0 Å². The quantitative estimate of drug-likeness (QED) is 0.829. The smallest absolute Gasteiger partial charge is 0.228 e. The van der Waals surface area contributed by atoms with Crippen LogP contribution in [0.3, 0.4) is 0 Å². The number of nitrogens with two attached hydrogens (primary N) is 1. The zero-order chi connectivity index (χ0) is 14.4. The van der Waals surface area contributed by atoms with Crippen molar-refractivity contribution in [3.05, 3.63) is 11.7 Å². The Bertz CT molecular complexity index is 394. The molecule has 5 heteroatoms. The van der Waals surface area contributed by atoms with Crippen LogP contribution < -0.4 is 5.73 Å². The second-order valence-corrected chi connectivity index (χ2v) is 5.98. The molecule has 114 valence electrons. The number of rotatable bonds is 7. The van der Waals surface area contributed by atoms with Gasteiger partial charge in [0, 0.05) is 24.9 Å². The molecule has 2 rings (SSSR count). The molecule has 0 spiro atoms. The molecule has 0 bridgehead atoms. The summed E-state index contributed by atoms with van der Waals surface area (Å²) in [5.41, 5.74) is 6.31. The first-order chi connectivity index (χ1) is 9.65. The highest BCUT2D eigenvalue weighted by molar-refractivity contribution is 4.97. The van der Waals surface area contributed by atoms with Crippen molar-refractivity contribution in [3.8, 4) is 0 Å². The predicted molar refractivity (Wildman–Crippen MR) is 79.5 cm³/mol. The zero-order valence-corrected chi connectivity index (χ0v) is 12.9. The summed E-state index contributed by atoms with van der Waals surface area (Å²) in [6.45, 7) is 7.46. The van der Waals surface area contributed by atoms with Gasteiger partial charge in [0.05, 0.1) is 0 Å². The first-order valence-corrected chi connectivity index (χ1v) is 7.98. The average molecular weight is 280 g/mol. The summed E-state index contributed by atoms with van der Waals surface area (Å²) in [5, 5.41) is 4.09. The molecule has 1 fully saturated rings. The molecule has 0 atom stereocenters. The van der Waals surface area contributed by atoms with Crippen LogP contribution in [-0.2, 0) is 12.8 Å². The molecule has 1 aromatic heterocycles. The van der Waals surface area contributed by atoms with Gasteiger partial charge in [-0.3, -0.25) is 0 Å². The normalized spacial score (nSPS) is 18.6. The molecule has 20 heavy (non-hydrogen) atoms. The van der Waals surface area contributed by atoms with Crippen LogP contribution in [-0.4, -0.2) is 40.2 Å². The Balaban J connectivity index is 1.85. The Morgan fingerprint density at radius 2 is 1.90 bits per heavy atom. The van der Waals surface area contributed by atoms with Crippen molar-refractivity contribution >= 4 is 0 Å². The van der Waals surface area contributed by atoms with Gasteiger partial charge >= 0.3 is 0 Å². The van der Waals surface area contributed by atoms with Gasteiger partial charge in [-0.15, -0.1) is 0 Å². The summed E-state index contributed by atoms with van der Waals surface area (Å²) in [4.78, 5) is 6.87. The lowest BCUT2D eigenvalue weighted by Crippen LogP contribution is -2.43. The molecule has 0 aliphatic heterocycles. The lowest BCUT2D eigenvalue weighted by atomic mass is 9.80. The minimum absolute atomic E-state index is 0.124. The third kappa shape index (κ3) is 4.28. The van der Waals surface area contributed by atoms with Gasteiger partial charge in [0.15, 0.2) is 5.82 Å². The van der Waals surface area contributed by atoms with E-state index in [0.29, 0.717) is 5.89 Å². The van der Waals surface area contributed by atoms with Crippen molar-refractivity contribution in [2.24, 2.45) is 5.73 Å². The standard InChI is InChI=1S/C15H28N4O/c1-3-19(4-2)11-8-13-17-14(20-18-13)12-15(16)9-6-5-7-10-15/h3-12,16H2,1-2H3. The third-order valence-corrected chi connectivity index (χ3v) is 4.41. The fraction of sp³-hybridized carbons (Fsp3) is 0.867. The highest BCUT2D eigenvalue weighted by Gasteiger charge is 2.29. The minimum atomic E-state index is -0.124. The monoisotopic (exact) mass is 280 g/mol. The molecule has 5 nitrogen and oxygen atoms in total.